The van der Waals surface area contributed by atoms with Gasteiger partial charge in [-0.1, -0.05) is 34.6 Å². The largest absolute Gasteiger partial charge is 0.358 e. The number of nitrogens with zero attached hydrogens (tertiary/aromatic N) is 1. The summed E-state index contributed by atoms with van der Waals surface area (Å²) < 4.78 is 0. The van der Waals surface area contributed by atoms with E-state index in [0.29, 0.717) is 6.54 Å². The van der Waals surface area contributed by atoms with Crippen molar-refractivity contribution in [1.29, 1.82) is 0 Å². The van der Waals surface area contributed by atoms with E-state index in [9.17, 15) is 4.79 Å². The summed E-state index contributed by atoms with van der Waals surface area (Å²) in [5.74, 6) is 0.968. The van der Waals surface area contributed by atoms with E-state index < -0.39 is 0 Å². The Kier molecular flexibility index (Phi) is 13.9. The van der Waals surface area contributed by atoms with Crippen LogP contribution < -0.4 is 5.32 Å². The fourth-order valence-corrected chi connectivity index (χ4v) is 1.50. The van der Waals surface area contributed by atoms with Crippen molar-refractivity contribution in [3.05, 3.63) is 0 Å². The molecule has 0 aromatic carbocycles. The smallest absolute Gasteiger partial charge is 0.233 e. The first-order valence-electron chi connectivity index (χ1n) is 6.65. The standard InChI is InChI=1S/C9H18N2O.2C2H6/c1-8-3-5-11(6-4-8)7-9(12)10-2;2*1-2/h8H,3-7H2,1-2H3,(H,10,12);2*1-2H3. The number of likely N-dealkylation sites (N-methyl/N-ethyl adjacent to an activating group) is 1. The summed E-state index contributed by atoms with van der Waals surface area (Å²) in [5, 5.41) is 2.64. The molecular formula is C13H30N2O. The number of rotatable bonds is 2. The van der Waals surface area contributed by atoms with Gasteiger partial charge in [0.15, 0.2) is 0 Å². The summed E-state index contributed by atoms with van der Waals surface area (Å²) in [6.45, 7) is 13.0. The number of hydrogen-bond donors (Lipinski definition) is 1. The zero-order valence-corrected chi connectivity index (χ0v) is 12.0. The van der Waals surface area contributed by atoms with Crippen LogP contribution in [0.25, 0.3) is 0 Å². The summed E-state index contributed by atoms with van der Waals surface area (Å²) in [4.78, 5) is 13.2. The molecule has 0 aromatic rings. The van der Waals surface area contributed by atoms with Crippen molar-refractivity contribution >= 4 is 5.91 Å². The fraction of sp³-hybridized carbons (Fsp3) is 0.923. The molecule has 0 aromatic heterocycles. The van der Waals surface area contributed by atoms with E-state index in [-0.39, 0.29) is 5.91 Å². The molecule has 1 saturated heterocycles. The minimum atomic E-state index is 0.129. The lowest BCUT2D eigenvalue weighted by atomic mass is 9.99. The summed E-state index contributed by atoms with van der Waals surface area (Å²) in [6, 6.07) is 0. The highest BCUT2D eigenvalue weighted by molar-refractivity contribution is 5.77. The van der Waals surface area contributed by atoms with Crippen LogP contribution in [0.3, 0.4) is 0 Å². The van der Waals surface area contributed by atoms with Gasteiger partial charge in [0.2, 0.25) is 5.91 Å². The average molecular weight is 230 g/mol. The van der Waals surface area contributed by atoms with Crippen LogP contribution in [-0.2, 0) is 4.79 Å². The van der Waals surface area contributed by atoms with Crippen LogP contribution in [-0.4, -0.2) is 37.5 Å². The van der Waals surface area contributed by atoms with Crippen molar-refractivity contribution in [3.63, 3.8) is 0 Å². The molecule has 0 aliphatic carbocycles. The monoisotopic (exact) mass is 230 g/mol. The van der Waals surface area contributed by atoms with Crippen LogP contribution in [0.15, 0.2) is 0 Å². The normalized spacial score (nSPS) is 16.4. The Morgan fingerprint density at radius 3 is 2.00 bits per heavy atom. The third kappa shape index (κ3) is 8.72. The first-order chi connectivity index (χ1) is 7.72. The van der Waals surface area contributed by atoms with Gasteiger partial charge in [-0.15, -0.1) is 0 Å². The van der Waals surface area contributed by atoms with E-state index in [2.05, 4.69) is 17.1 Å². The van der Waals surface area contributed by atoms with Gasteiger partial charge in [-0.3, -0.25) is 9.69 Å². The third-order valence-electron chi connectivity index (χ3n) is 2.52. The Morgan fingerprint density at radius 1 is 1.19 bits per heavy atom. The van der Waals surface area contributed by atoms with E-state index in [1.54, 1.807) is 7.05 Å². The SMILES string of the molecule is CC.CC.CNC(=O)CN1CCC(C)CC1. The molecule has 0 atom stereocenters. The van der Waals surface area contributed by atoms with Crippen LogP contribution in [0.4, 0.5) is 0 Å². The minimum absolute atomic E-state index is 0.129. The number of amides is 1. The summed E-state index contributed by atoms with van der Waals surface area (Å²) in [5.41, 5.74) is 0. The number of hydrogen-bond acceptors (Lipinski definition) is 2. The second-order valence-corrected chi connectivity index (χ2v) is 3.63. The third-order valence-corrected chi connectivity index (χ3v) is 2.52. The van der Waals surface area contributed by atoms with E-state index in [4.69, 9.17) is 0 Å². The molecule has 1 amide bonds. The Labute approximate surface area is 102 Å². The lowest BCUT2D eigenvalue weighted by Crippen LogP contribution is -2.40. The second-order valence-electron chi connectivity index (χ2n) is 3.63. The predicted octanol–water partition coefficient (Wildman–Crippen LogP) is 2.52. The maximum Gasteiger partial charge on any atom is 0.233 e. The van der Waals surface area contributed by atoms with Crippen molar-refractivity contribution in [2.45, 2.75) is 47.5 Å². The molecule has 0 spiro atoms. The van der Waals surface area contributed by atoms with Crippen molar-refractivity contribution in [3.8, 4) is 0 Å². The molecule has 0 saturated carbocycles. The average Bonchev–Trinajstić information content (AvgIpc) is 2.37. The maximum absolute atomic E-state index is 11.0. The summed E-state index contributed by atoms with van der Waals surface area (Å²) in [7, 11) is 1.69. The number of likely N-dealkylation sites (tertiary alicyclic amines) is 1. The zero-order chi connectivity index (χ0) is 13.0. The molecular weight excluding hydrogens is 200 g/mol. The highest BCUT2D eigenvalue weighted by Gasteiger charge is 2.16. The second kappa shape index (κ2) is 12.5. The lowest BCUT2D eigenvalue weighted by Gasteiger charge is -2.29. The first-order valence-corrected chi connectivity index (χ1v) is 6.65. The van der Waals surface area contributed by atoms with Gasteiger partial charge in [-0.2, -0.15) is 0 Å². The summed E-state index contributed by atoms with van der Waals surface area (Å²) >= 11 is 0. The minimum Gasteiger partial charge on any atom is -0.358 e. The highest BCUT2D eigenvalue weighted by atomic mass is 16.1. The van der Waals surface area contributed by atoms with Crippen LogP contribution in [0, 0.1) is 5.92 Å². The van der Waals surface area contributed by atoms with Gasteiger partial charge in [0.05, 0.1) is 6.54 Å². The zero-order valence-electron chi connectivity index (χ0n) is 12.0. The molecule has 1 aliphatic heterocycles. The molecule has 1 rings (SSSR count). The van der Waals surface area contributed by atoms with Gasteiger partial charge >= 0.3 is 0 Å². The van der Waals surface area contributed by atoms with Crippen molar-refractivity contribution < 1.29 is 4.79 Å². The van der Waals surface area contributed by atoms with Crippen LogP contribution in [0.1, 0.15) is 47.5 Å². The summed E-state index contributed by atoms with van der Waals surface area (Å²) in [6.07, 6.45) is 2.47. The lowest BCUT2D eigenvalue weighted by molar-refractivity contribution is -0.122. The van der Waals surface area contributed by atoms with E-state index >= 15 is 0 Å². The van der Waals surface area contributed by atoms with E-state index in [1.807, 2.05) is 27.7 Å². The molecule has 0 radical (unpaired) electrons. The molecule has 1 N–H and O–H groups in total. The molecule has 16 heavy (non-hydrogen) atoms. The number of piperidine rings is 1. The maximum atomic E-state index is 11.0. The molecule has 0 unspecified atom stereocenters. The van der Waals surface area contributed by atoms with Gasteiger partial charge in [0.1, 0.15) is 0 Å². The van der Waals surface area contributed by atoms with Crippen LogP contribution in [0.5, 0.6) is 0 Å². The van der Waals surface area contributed by atoms with E-state index in [1.165, 1.54) is 12.8 Å². The number of carbonyl (C=O) groups excluding carboxylic acids is 1. The fourth-order valence-electron chi connectivity index (χ4n) is 1.50. The molecule has 1 fully saturated rings. The van der Waals surface area contributed by atoms with Crippen molar-refractivity contribution in [2.75, 3.05) is 26.7 Å². The van der Waals surface area contributed by atoms with Gasteiger partial charge in [0.25, 0.3) is 0 Å². The topological polar surface area (TPSA) is 32.3 Å². The van der Waals surface area contributed by atoms with Gasteiger partial charge in [-0.05, 0) is 31.8 Å². The quantitative estimate of drug-likeness (QED) is 0.790. The molecule has 3 heteroatoms. The van der Waals surface area contributed by atoms with Crippen LogP contribution in [0.2, 0.25) is 0 Å². The molecule has 1 heterocycles. The Balaban J connectivity index is 0. The molecule has 0 bridgehead atoms. The van der Waals surface area contributed by atoms with Crippen LogP contribution >= 0.6 is 0 Å². The van der Waals surface area contributed by atoms with Gasteiger partial charge in [-0.25, -0.2) is 0 Å². The predicted molar refractivity (Wildman–Crippen MR) is 71.6 cm³/mol. The Bertz CT molecular complexity index is 152. The van der Waals surface area contributed by atoms with Crippen molar-refractivity contribution in [2.24, 2.45) is 5.92 Å². The molecule has 1 aliphatic rings. The van der Waals surface area contributed by atoms with Crippen molar-refractivity contribution in [1.82, 2.24) is 10.2 Å². The Morgan fingerprint density at radius 2 is 1.62 bits per heavy atom. The van der Waals surface area contributed by atoms with Gasteiger partial charge in [0, 0.05) is 7.05 Å². The highest BCUT2D eigenvalue weighted by Crippen LogP contribution is 2.15. The first kappa shape index (κ1) is 17.8. The number of nitrogens with one attached hydrogen (secondary N) is 1. The van der Waals surface area contributed by atoms with E-state index in [0.717, 1.165) is 19.0 Å². The number of carbonyl (C=O) groups is 1. The van der Waals surface area contributed by atoms with Gasteiger partial charge < -0.3 is 5.32 Å². The Hall–Kier alpha value is -0.570. The molecule has 3 nitrogen and oxygen atoms in total. The molecule has 98 valence electrons.